The van der Waals surface area contributed by atoms with Crippen LogP contribution in [0.3, 0.4) is 0 Å². The molecule has 1 aliphatic heterocycles. The zero-order valence-electron chi connectivity index (χ0n) is 11.4. The van der Waals surface area contributed by atoms with Crippen LogP contribution in [-0.2, 0) is 20.7 Å². The summed E-state index contributed by atoms with van der Waals surface area (Å²) in [5, 5.41) is 3.76. The van der Waals surface area contributed by atoms with Gasteiger partial charge < -0.3 is 14.8 Å². The van der Waals surface area contributed by atoms with Crippen LogP contribution in [0.25, 0.3) is 0 Å². The Balaban J connectivity index is 1.79. The van der Waals surface area contributed by atoms with Crippen LogP contribution in [0.15, 0.2) is 18.2 Å². The molecule has 0 saturated carbocycles. The summed E-state index contributed by atoms with van der Waals surface area (Å²) in [6.07, 6.45) is 0.149. The number of halogens is 2. The highest BCUT2D eigenvalue weighted by Gasteiger charge is 2.32. The van der Waals surface area contributed by atoms with Crippen LogP contribution < -0.4 is 5.32 Å². The molecule has 0 radical (unpaired) electrons. The maximum atomic E-state index is 11.8. The number of amides is 1. The normalized spacial score (nSPS) is 20.9. The fraction of sp³-hybridized carbons (Fsp3) is 0.500. The van der Waals surface area contributed by atoms with Crippen LogP contribution in [0.2, 0.25) is 10.0 Å². The molecule has 0 spiro atoms. The SMILES string of the molecule is CC1(C)OCC(CNC(=O)Cc2ccc(Cl)c(Cl)c2)O1. The summed E-state index contributed by atoms with van der Waals surface area (Å²) >= 11 is 11.7. The third-order valence-electron chi connectivity index (χ3n) is 2.94. The molecule has 1 aromatic rings. The van der Waals surface area contributed by atoms with Gasteiger partial charge in [0.15, 0.2) is 5.79 Å². The topological polar surface area (TPSA) is 47.6 Å². The minimum absolute atomic E-state index is 0.0864. The van der Waals surface area contributed by atoms with E-state index in [-0.39, 0.29) is 18.4 Å². The van der Waals surface area contributed by atoms with E-state index in [0.717, 1.165) is 5.56 Å². The quantitative estimate of drug-likeness (QED) is 0.929. The highest BCUT2D eigenvalue weighted by Crippen LogP contribution is 2.23. The van der Waals surface area contributed by atoms with Crippen LogP contribution in [0.1, 0.15) is 19.4 Å². The van der Waals surface area contributed by atoms with E-state index in [4.69, 9.17) is 32.7 Å². The zero-order chi connectivity index (χ0) is 14.8. The van der Waals surface area contributed by atoms with Crippen LogP contribution in [0.4, 0.5) is 0 Å². The lowest BCUT2D eigenvalue weighted by Crippen LogP contribution is -2.35. The van der Waals surface area contributed by atoms with Crippen molar-refractivity contribution in [2.24, 2.45) is 0 Å². The first-order valence-corrected chi connectivity index (χ1v) is 7.14. The van der Waals surface area contributed by atoms with Gasteiger partial charge in [-0.1, -0.05) is 29.3 Å². The van der Waals surface area contributed by atoms with Gasteiger partial charge in [0.1, 0.15) is 6.10 Å². The fourth-order valence-electron chi connectivity index (χ4n) is 1.99. The Bertz CT molecular complexity index is 505. The summed E-state index contributed by atoms with van der Waals surface area (Å²) in [6, 6.07) is 5.16. The lowest BCUT2D eigenvalue weighted by atomic mass is 10.1. The average molecular weight is 318 g/mol. The molecule has 2 rings (SSSR count). The van der Waals surface area contributed by atoms with Gasteiger partial charge in [-0.2, -0.15) is 0 Å². The fourth-order valence-corrected chi connectivity index (χ4v) is 2.31. The van der Waals surface area contributed by atoms with Crippen molar-refractivity contribution in [1.82, 2.24) is 5.32 Å². The summed E-state index contributed by atoms with van der Waals surface area (Å²) in [6.45, 7) is 4.62. The maximum absolute atomic E-state index is 11.8. The maximum Gasteiger partial charge on any atom is 0.224 e. The van der Waals surface area contributed by atoms with Gasteiger partial charge in [0.05, 0.1) is 23.1 Å². The molecular formula is C14H17Cl2NO3. The van der Waals surface area contributed by atoms with Crippen molar-refractivity contribution in [1.29, 1.82) is 0 Å². The standard InChI is InChI=1S/C14H17Cl2NO3/c1-14(2)19-8-10(20-14)7-17-13(18)6-9-3-4-11(15)12(16)5-9/h3-5,10H,6-8H2,1-2H3,(H,17,18). The van der Waals surface area contributed by atoms with Crippen LogP contribution >= 0.6 is 23.2 Å². The first-order chi connectivity index (χ1) is 9.35. The lowest BCUT2D eigenvalue weighted by Gasteiger charge is -2.17. The minimum atomic E-state index is -0.570. The van der Waals surface area contributed by atoms with Crippen LogP contribution in [0.5, 0.6) is 0 Å². The molecule has 1 aromatic carbocycles. The molecule has 1 heterocycles. The molecule has 1 atom stereocenters. The van der Waals surface area contributed by atoms with Crippen molar-refractivity contribution in [3.8, 4) is 0 Å². The Kier molecular flexibility index (Phi) is 4.91. The Morgan fingerprint density at radius 1 is 1.40 bits per heavy atom. The molecule has 1 saturated heterocycles. The molecule has 110 valence electrons. The molecule has 0 bridgehead atoms. The molecule has 1 aliphatic rings. The number of rotatable bonds is 4. The van der Waals surface area contributed by atoms with E-state index in [1.807, 2.05) is 13.8 Å². The molecule has 0 aromatic heterocycles. The van der Waals surface area contributed by atoms with E-state index < -0.39 is 5.79 Å². The number of carbonyl (C=O) groups excluding carboxylic acids is 1. The first kappa shape index (κ1) is 15.6. The summed E-state index contributed by atoms with van der Waals surface area (Å²) in [5.41, 5.74) is 0.820. The van der Waals surface area contributed by atoms with Gasteiger partial charge in [0.25, 0.3) is 0 Å². The number of ether oxygens (including phenoxy) is 2. The largest absolute Gasteiger partial charge is 0.353 e. The van der Waals surface area contributed by atoms with Gasteiger partial charge in [0, 0.05) is 6.54 Å². The average Bonchev–Trinajstić information content (AvgIpc) is 2.71. The van der Waals surface area contributed by atoms with Gasteiger partial charge in [-0.05, 0) is 31.5 Å². The number of nitrogens with one attached hydrogen (secondary N) is 1. The Morgan fingerprint density at radius 2 is 2.15 bits per heavy atom. The van der Waals surface area contributed by atoms with Crippen molar-refractivity contribution in [2.75, 3.05) is 13.2 Å². The Hall–Kier alpha value is -0.810. The highest BCUT2D eigenvalue weighted by atomic mass is 35.5. The molecule has 6 heteroatoms. The molecule has 4 nitrogen and oxygen atoms in total. The molecule has 1 N–H and O–H groups in total. The van der Waals surface area contributed by atoms with Gasteiger partial charge in [0.2, 0.25) is 5.91 Å². The third kappa shape index (κ3) is 4.35. The molecule has 1 amide bonds. The molecule has 20 heavy (non-hydrogen) atoms. The second-order valence-corrected chi connectivity index (χ2v) is 5.99. The van der Waals surface area contributed by atoms with Gasteiger partial charge in [-0.15, -0.1) is 0 Å². The summed E-state index contributed by atoms with van der Waals surface area (Å²) < 4.78 is 11.0. The second kappa shape index (κ2) is 6.31. The first-order valence-electron chi connectivity index (χ1n) is 6.38. The highest BCUT2D eigenvalue weighted by molar-refractivity contribution is 6.42. The number of benzene rings is 1. The zero-order valence-corrected chi connectivity index (χ0v) is 12.9. The monoisotopic (exact) mass is 317 g/mol. The summed E-state index contributed by atoms with van der Waals surface area (Å²) in [5.74, 6) is -0.657. The third-order valence-corrected chi connectivity index (χ3v) is 3.68. The van der Waals surface area contributed by atoms with E-state index in [0.29, 0.717) is 23.2 Å². The Labute approximate surface area is 128 Å². The van der Waals surface area contributed by atoms with E-state index in [2.05, 4.69) is 5.32 Å². The number of hydrogen-bond donors (Lipinski definition) is 1. The van der Waals surface area contributed by atoms with Crippen molar-refractivity contribution in [2.45, 2.75) is 32.2 Å². The Morgan fingerprint density at radius 3 is 2.75 bits per heavy atom. The van der Waals surface area contributed by atoms with E-state index in [1.165, 1.54) is 0 Å². The molecule has 1 fully saturated rings. The van der Waals surface area contributed by atoms with Gasteiger partial charge in [-0.25, -0.2) is 0 Å². The van der Waals surface area contributed by atoms with Crippen LogP contribution in [-0.4, -0.2) is 30.9 Å². The number of carbonyl (C=O) groups is 1. The van der Waals surface area contributed by atoms with E-state index in [1.54, 1.807) is 18.2 Å². The van der Waals surface area contributed by atoms with Crippen molar-refractivity contribution < 1.29 is 14.3 Å². The predicted molar refractivity (Wildman–Crippen MR) is 78.1 cm³/mol. The molecule has 0 aliphatic carbocycles. The van der Waals surface area contributed by atoms with E-state index >= 15 is 0 Å². The van der Waals surface area contributed by atoms with Crippen molar-refractivity contribution >= 4 is 29.1 Å². The predicted octanol–water partition coefficient (Wildman–Crippen LogP) is 2.80. The van der Waals surface area contributed by atoms with E-state index in [9.17, 15) is 4.79 Å². The molecule has 1 unspecified atom stereocenters. The van der Waals surface area contributed by atoms with Gasteiger partial charge >= 0.3 is 0 Å². The molecular weight excluding hydrogens is 301 g/mol. The summed E-state index contributed by atoms with van der Waals surface area (Å²) in [7, 11) is 0. The van der Waals surface area contributed by atoms with Gasteiger partial charge in [-0.3, -0.25) is 4.79 Å². The smallest absolute Gasteiger partial charge is 0.224 e. The lowest BCUT2D eigenvalue weighted by molar-refractivity contribution is -0.139. The van der Waals surface area contributed by atoms with Crippen molar-refractivity contribution in [3.63, 3.8) is 0 Å². The number of hydrogen-bond acceptors (Lipinski definition) is 3. The summed E-state index contributed by atoms with van der Waals surface area (Å²) in [4.78, 5) is 11.8. The van der Waals surface area contributed by atoms with Crippen molar-refractivity contribution in [3.05, 3.63) is 33.8 Å². The second-order valence-electron chi connectivity index (χ2n) is 5.18. The minimum Gasteiger partial charge on any atom is -0.353 e. The van der Waals surface area contributed by atoms with Crippen LogP contribution in [0, 0.1) is 0 Å².